The van der Waals surface area contributed by atoms with E-state index in [2.05, 4.69) is 57.1 Å². The third kappa shape index (κ3) is 6.32. The van der Waals surface area contributed by atoms with Gasteiger partial charge in [0.1, 0.15) is 12.7 Å². The highest BCUT2D eigenvalue weighted by Crippen LogP contribution is 2.43. The number of nitrogens with one attached hydrogen (secondary N) is 2. The van der Waals surface area contributed by atoms with Crippen molar-refractivity contribution in [2.45, 2.75) is 69.1 Å². The molecule has 7 nitrogen and oxygen atoms in total. The first-order valence-corrected chi connectivity index (χ1v) is 15.1. The van der Waals surface area contributed by atoms with Gasteiger partial charge in [0.25, 0.3) is 0 Å². The molecule has 2 aliphatic rings. The minimum atomic E-state index is -0.609. The predicted molar refractivity (Wildman–Crippen MR) is 163 cm³/mol. The van der Waals surface area contributed by atoms with E-state index in [4.69, 9.17) is 11.6 Å². The number of nitrogens with zero attached hydrogens (tertiary/aromatic N) is 3. The lowest BCUT2D eigenvalue weighted by Crippen LogP contribution is -2.54. The van der Waals surface area contributed by atoms with Crippen LogP contribution in [-0.2, 0) is 40.9 Å². The van der Waals surface area contributed by atoms with Gasteiger partial charge in [-0.1, -0.05) is 78.3 Å². The molecule has 0 spiro atoms. The Morgan fingerprint density at radius 3 is 2.40 bits per heavy atom. The number of fused-ring (bicyclic) bond motifs is 1. The molecule has 0 saturated heterocycles. The quantitative estimate of drug-likeness (QED) is 0.288. The van der Waals surface area contributed by atoms with Crippen LogP contribution in [0.4, 0.5) is 0 Å². The van der Waals surface area contributed by atoms with Crippen molar-refractivity contribution in [1.82, 2.24) is 25.4 Å². The van der Waals surface area contributed by atoms with Gasteiger partial charge in [0.15, 0.2) is 5.78 Å². The molecule has 1 aromatic heterocycles. The fourth-order valence-electron chi connectivity index (χ4n) is 6.68. The lowest BCUT2D eigenvalue weighted by molar-refractivity contribution is -0.132. The number of benzene rings is 3. The molecule has 8 heteroatoms. The second-order valence-electron chi connectivity index (χ2n) is 11.7. The Balaban J connectivity index is 1.19. The molecule has 2 heterocycles. The fraction of sp³-hybridized carbons (Fsp3) is 0.353. The standard InChI is InChI=1S/C34H36ClN5O2/c35-29-12-10-24(11-13-29)18-30(39-33(42)31-19-26-6-4-5-7-27(26)20-37-31)32(41)25-14-16-34(17-15-25,21-40-23-36-22-38-40)28-8-2-1-3-9-28/h1-13,22-23,25,30-31,37H,14-21H2,(H,39,42). The number of rotatable bonds is 9. The number of hydrogen-bond acceptors (Lipinski definition) is 5. The molecule has 42 heavy (non-hydrogen) atoms. The lowest BCUT2D eigenvalue weighted by atomic mass is 9.65. The second-order valence-corrected chi connectivity index (χ2v) is 12.2. The Hall–Kier alpha value is -3.81. The van der Waals surface area contributed by atoms with Crippen LogP contribution in [0.25, 0.3) is 0 Å². The van der Waals surface area contributed by atoms with Crippen molar-refractivity contribution in [2.75, 3.05) is 0 Å². The molecule has 3 aromatic carbocycles. The third-order valence-corrected chi connectivity index (χ3v) is 9.33. The largest absolute Gasteiger partial charge is 0.345 e. The summed E-state index contributed by atoms with van der Waals surface area (Å²) in [4.78, 5) is 31.9. The number of carbonyl (C=O) groups is 2. The van der Waals surface area contributed by atoms with E-state index in [0.717, 1.165) is 37.8 Å². The van der Waals surface area contributed by atoms with E-state index in [-0.39, 0.29) is 29.1 Å². The molecular weight excluding hydrogens is 546 g/mol. The van der Waals surface area contributed by atoms with E-state index < -0.39 is 6.04 Å². The molecule has 2 unspecified atom stereocenters. The van der Waals surface area contributed by atoms with Gasteiger partial charge in [-0.15, -0.1) is 0 Å². The summed E-state index contributed by atoms with van der Waals surface area (Å²) in [6.07, 6.45) is 7.59. The summed E-state index contributed by atoms with van der Waals surface area (Å²) >= 11 is 6.13. The van der Waals surface area contributed by atoms with Crippen LogP contribution < -0.4 is 10.6 Å². The zero-order valence-electron chi connectivity index (χ0n) is 23.6. The molecule has 1 amide bonds. The van der Waals surface area contributed by atoms with Crippen LogP contribution in [0.5, 0.6) is 0 Å². The van der Waals surface area contributed by atoms with Gasteiger partial charge >= 0.3 is 0 Å². The number of Topliss-reactive ketones (excluding diaryl/α,β-unsaturated/α-hetero) is 1. The summed E-state index contributed by atoms with van der Waals surface area (Å²) in [5.41, 5.74) is 4.50. The molecule has 0 radical (unpaired) electrons. The number of aromatic nitrogens is 3. The van der Waals surface area contributed by atoms with Crippen molar-refractivity contribution in [3.8, 4) is 0 Å². The van der Waals surface area contributed by atoms with Crippen molar-refractivity contribution in [1.29, 1.82) is 0 Å². The monoisotopic (exact) mass is 581 g/mol. The molecule has 1 aliphatic carbocycles. The van der Waals surface area contributed by atoms with Gasteiger partial charge in [-0.2, -0.15) is 5.10 Å². The van der Waals surface area contributed by atoms with Crippen LogP contribution in [-0.4, -0.2) is 38.5 Å². The number of hydrogen-bond donors (Lipinski definition) is 2. The highest BCUT2D eigenvalue weighted by Gasteiger charge is 2.41. The van der Waals surface area contributed by atoms with Crippen LogP contribution in [0.2, 0.25) is 5.02 Å². The van der Waals surface area contributed by atoms with Crippen LogP contribution in [0.3, 0.4) is 0 Å². The molecule has 2 N–H and O–H groups in total. The Morgan fingerprint density at radius 2 is 1.69 bits per heavy atom. The molecule has 2 atom stereocenters. The molecule has 1 aliphatic heterocycles. The molecule has 6 rings (SSSR count). The summed E-state index contributed by atoms with van der Waals surface area (Å²) in [5, 5.41) is 11.6. The fourth-order valence-corrected chi connectivity index (χ4v) is 6.81. The van der Waals surface area contributed by atoms with Crippen LogP contribution in [0.1, 0.15) is 47.9 Å². The SMILES string of the molecule is O=C(NC(Cc1ccc(Cl)cc1)C(=O)C1CCC(Cn2cncn2)(c2ccccc2)CC1)C1Cc2ccccc2CN1. The van der Waals surface area contributed by atoms with E-state index in [1.165, 1.54) is 16.7 Å². The summed E-state index contributed by atoms with van der Waals surface area (Å²) < 4.78 is 1.90. The Morgan fingerprint density at radius 1 is 0.976 bits per heavy atom. The maximum absolute atomic E-state index is 14.2. The number of amides is 1. The normalized spacial score (nSPS) is 22.6. The van der Waals surface area contributed by atoms with E-state index in [9.17, 15) is 9.59 Å². The first-order valence-electron chi connectivity index (χ1n) is 14.8. The van der Waals surface area contributed by atoms with Crippen molar-refractivity contribution in [3.05, 3.63) is 119 Å². The third-order valence-electron chi connectivity index (χ3n) is 9.07. The van der Waals surface area contributed by atoms with Crippen LogP contribution in [0.15, 0.2) is 91.5 Å². The Bertz CT molecular complexity index is 1500. The molecule has 0 bridgehead atoms. The lowest BCUT2D eigenvalue weighted by Gasteiger charge is -2.41. The van der Waals surface area contributed by atoms with Gasteiger partial charge in [0.2, 0.25) is 5.91 Å². The molecular formula is C34H36ClN5O2. The van der Waals surface area contributed by atoms with Crippen LogP contribution >= 0.6 is 11.6 Å². The zero-order chi connectivity index (χ0) is 28.9. The van der Waals surface area contributed by atoms with E-state index in [0.29, 0.717) is 24.4 Å². The van der Waals surface area contributed by atoms with Crippen molar-refractivity contribution in [2.24, 2.45) is 5.92 Å². The van der Waals surface area contributed by atoms with Crippen LogP contribution in [0, 0.1) is 5.92 Å². The summed E-state index contributed by atoms with van der Waals surface area (Å²) in [5.74, 6) is -0.149. The van der Waals surface area contributed by atoms with Gasteiger partial charge in [0.05, 0.1) is 18.6 Å². The van der Waals surface area contributed by atoms with Gasteiger partial charge < -0.3 is 10.6 Å². The second kappa shape index (κ2) is 12.6. The van der Waals surface area contributed by atoms with Gasteiger partial charge in [0, 0.05) is 22.9 Å². The minimum absolute atomic E-state index is 0.108. The Kier molecular flexibility index (Phi) is 8.49. The smallest absolute Gasteiger partial charge is 0.238 e. The Labute approximate surface area is 251 Å². The van der Waals surface area contributed by atoms with E-state index >= 15 is 0 Å². The average molecular weight is 582 g/mol. The summed E-state index contributed by atoms with van der Waals surface area (Å²) in [6, 6.07) is 25.3. The highest BCUT2D eigenvalue weighted by atomic mass is 35.5. The van der Waals surface area contributed by atoms with Crippen molar-refractivity contribution in [3.63, 3.8) is 0 Å². The topological polar surface area (TPSA) is 88.9 Å². The maximum atomic E-state index is 14.2. The highest BCUT2D eigenvalue weighted by molar-refractivity contribution is 6.30. The molecule has 216 valence electrons. The van der Waals surface area contributed by atoms with E-state index in [1.54, 1.807) is 12.7 Å². The summed E-state index contributed by atoms with van der Waals surface area (Å²) in [7, 11) is 0. The van der Waals surface area contributed by atoms with Crippen molar-refractivity contribution >= 4 is 23.3 Å². The molecule has 1 fully saturated rings. The predicted octanol–water partition coefficient (Wildman–Crippen LogP) is 5.07. The maximum Gasteiger partial charge on any atom is 0.238 e. The van der Waals surface area contributed by atoms with Gasteiger partial charge in [-0.25, -0.2) is 4.98 Å². The zero-order valence-corrected chi connectivity index (χ0v) is 24.3. The first kappa shape index (κ1) is 28.3. The molecule has 1 saturated carbocycles. The summed E-state index contributed by atoms with van der Waals surface area (Å²) in [6.45, 7) is 1.36. The average Bonchev–Trinajstić information content (AvgIpc) is 3.55. The number of carbonyl (C=O) groups excluding carboxylic acids is 2. The molecule has 4 aromatic rings. The number of halogens is 1. The van der Waals surface area contributed by atoms with Crippen molar-refractivity contribution < 1.29 is 9.59 Å². The van der Waals surface area contributed by atoms with Gasteiger partial charge in [-0.3, -0.25) is 14.3 Å². The minimum Gasteiger partial charge on any atom is -0.345 e. The van der Waals surface area contributed by atoms with E-state index in [1.807, 2.05) is 47.1 Å². The van der Waals surface area contributed by atoms with Gasteiger partial charge in [-0.05, 0) is 72.9 Å². The number of ketones is 1. The first-order chi connectivity index (χ1) is 20.5.